The molecule has 0 heterocycles. The van der Waals surface area contributed by atoms with Crippen molar-refractivity contribution in [3.05, 3.63) is 29.9 Å². The van der Waals surface area contributed by atoms with E-state index in [2.05, 4.69) is 6.92 Å². The summed E-state index contributed by atoms with van der Waals surface area (Å²) in [7, 11) is 0. The second kappa shape index (κ2) is 2.26. The molecule has 1 aliphatic carbocycles. The molecule has 1 aliphatic rings. The Balaban J connectivity index is 2.75. The molecule has 0 aromatic rings. The van der Waals surface area contributed by atoms with Gasteiger partial charge in [-0.2, -0.15) is 0 Å². The summed E-state index contributed by atoms with van der Waals surface area (Å²) in [5, 5.41) is 9.06. The van der Waals surface area contributed by atoms with Gasteiger partial charge >= 0.3 is 0 Å². The van der Waals surface area contributed by atoms with Gasteiger partial charge in [0.1, 0.15) is 5.76 Å². The largest absolute Gasteiger partial charge is 0.508 e. The third-order valence-electron chi connectivity index (χ3n) is 1.47. The number of hydrogen-bond acceptors (Lipinski definition) is 1. The van der Waals surface area contributed by atoms with Crippen LogP contribution < -0.4 is 0 Å². The van der Waals surface area contributed by atoms with E-state index in [-0.39, 0.29) is 0 Å². The van der Waals surface area contributed by atoms with Crippen molar-refractivity contribution >= 4 is 0 Å². The Morgan fingerprint density at radius 2 is 2.22 bits per heavy atom. The number of hydrogen-bond donors (Lipinski definition) is 1. The minimum absolute atomic E-state index is 0.396. The van der Waals surface area contributed by atoms with Crippen LogP contribution in [0.25, 0.3) is 0 Å². The van der Waals surface area contributed by atoms with Crippen LogP contribution >= 0.6 is 0 Å². The van der Waals surface area contributed by atoms with Crippen LogP contribution in [0.2, 0.25) is 0 Å². The maximum Gasteiger partial charge on any atom is 0.114 e. The lowest BCUT2D eigenvalue weighted by Crippen LogP contribution is -1.99. The molecule has 1 unspecified atom stereocenters. The Bertz CT molecular complexity index is 165. The zero-order chi connectivity index (χ0) is 6.85. The van der Waals surface area contributed by atoms with Crippen LogP contribution in [0.1, 0.15) is 13.8 Å². The molecule has 49 valence electrons. The molecule has 9 heavy (non-hydrogen) atoms. The predicted molar refractivity (Wildman–Crippen MR) is 37.9 cm³/mol. The van der Waals surface area contributed by atoms with Gasteiger partial charge in [0.15, 0.2) is 0 Å². The second-order valence-corrected chi connectivity index (χ2v) is 2.45. The Labute approximate surface area is 55.7 Å². The standard InChI is InChI=1S/C8H11O/c1-6-3-4-8(9)7(2)5-6/h3-6,9H,1-2H3. The highest BCUT2D eigenvalue weighted by atomic mass is 16.3. The van der Waals surface area contributed by atoms with E-state index in [0.717, 1.165) is 5.57 Å². The van der Waals surface area contributed by atoms with Gasteiger partial charge in [-0.15, -0.1) is 0 Å². The molecule has 0 aliphatic heterocycles. The van der Waals surface area contributed by atoms with E-state index in [1.54, 1.807) is 6.08 Å². The summed E-state index contributed by atoms with van der Waals surface area (Å²) in [6.07, 6.45) is 5.76. The van der Waals surface area contributed by atoms with Crippen LogP contribution in [0.3, 0.4) is 0 Å². The molecule has 1 N–H and O–H groups in total. The SMILES string of the molecule is CC1=C(O)C=CC(C)[CH]1. The lowest BCUT2D eigenvalue weighted by atomic mass is 9.96. The van der Waals surface area contributed by atoms with Crippen molar-refractivity contribution < 1.29 is 5.11 Å². The smallest absolute Gasteiger partial charge is 0.114 e. The summed E-state index contributed by atoms with van der Waals surface area (Å²) in [6, 6.07) is 0. The van der Waals surface area contributed by atoms with Crippen molar-refractivity contribution in [2.75, 3.05) is 0 Å². The Morgan fingerprint density at radius 3 is 2.67 bits per heavy atom. The molecule has 0 aromatic carbocycles. The predicted octanol–water partition coefficient (Wildman–Crippen LogP) is 2.23. The normalized spacial score (nSPS) is 27.1. The first-order valence-corrected chi connectivity index (χ1v) is 3.13. The molecule has 0 aromatic heterocycles. The minimum Gasteiger partial charge on any atom is -0.508 e. The van der Waals surface area contributed by atoms with Crippen molar-refractivity contribution in [1.29, 1.82) is 0 Å². The fourth-order valence-electron chi connectivity index (χ4n) is 0.910. The topological polar surface area (TPSA) is 20.2 Å². The van der Waals surface area contributed by atoms with Crippen LogP contribution in [0.4, 0.5) is 0 Å². The molecule has 1 nitrogen and oxygen atoms in total. The molecular weight excluding hydrogens is 112 g/mol. The molecule has 1 atom stereocenters. The van der Waals surface area contributed by atoms with E-state index < -0.39 is 0 Å². The van der Waals surface area contributed by atoms with Gasteiger partial charge in [-0.1, -0.05) is 13.0 Å². The first kappa shape index (κ1) is 6.40. The quantitative estimate of drug-likeness (QED) is 0.523. The fourth-order valence-corrected chi connectivity index (χ4v) is 0.910. The first-order valence-electron chi connectivity index (χ1n) is 3.13. The highest BCUT2D eigenvalue weighted by molar-refractivity contribution is 5.30. The highest BCUT2D eigenvalue weighted by Gasteiger charge is 2.07. The third kappa shape index (κ3) is 1.35. The molecule has 0 amide bonds. The molecule has 0 saturated carbocycles. The van der Waals surface area contributed by atoms with E-state index in [9.17, 15) is 0 Å². The van der Waals surface area contributed by atoms with Crippen LogP contribution in [0, 0.1) is 12.3 Å². The highest BCUT2D eigenvalue weighted by Crippen LogP contribution is 2.19. The Kier molecular flexibility index (Phi) is 1.60. The van der Waals surface area contributed by atoms with Crippen molar-refractivity contribution in [3.63, 3.8) is 0 Å². The van der Waals surface area contributed by atoms with E-state index in [1.165, 1.54) is 0 Å². The van der Waals surface area contributed by atoms with Crippen LogP contribution in [0.5, 0.6) is 0 Å². The zero-order valence-electron chi connectivity index (χ0n) is 5.76. The molecular formula is C8H11O. The molecule has 1 rings (SSSR count). The van der Waals surface area contributed by atoms with E-state index in [1.807, 2.05) is 19.4 Å². The monoisotopic (exact) mass is 123 g/mol. The minimum atomic E-state index is 0.396. The van der Waals surface area contributed by atoms with Crippen LogP contribution in [0.15, 0.2) is 23.5 Å². The third-order valence-corrected chi connectivity index (χ3v) is 1.47. The van der Waals surface area contributed by atoms with Crippen molar-refractivity contribution in [2.45, 2.75) is 13.8 Å². The summed E-state index contributed by atoms with van der Waals surface area (Å²) >= 11 is 0. The number of rotatable bonds is 0. The van der Waals surface area contributed by atoms with E-state index in [0.29, 0.717) is 11.7 Å². The summed E-state index contributed by atoms with van der Waals surface area (Å²) in [4.78, 5) is 0. The fraction of sp³-hybridized carbons (Fsp3) is 0.375. The molecule has 0 spiro atoms. The number of aliphatic hydroxyl groups excluding tert-OH is 1. The average molecular weight is 123 g/mol. The van der Waals surface area contributed by atoms with Gasteiger partial charge in [0.2, 0.25) is 0 Å². The lowest BCUT2D eigenvalue weighted by Gasteiger charge is -2.11. The van der Waals surface area contributed by atoms with Gasteiger partial charge < -0.3 is 5.11 Å². The van der Waals surface area contributed by atoms with Gasteiger partial charge in [-0.3, -0.25) is 0 Å². The molecule has 1 radical (unpaired) electrons. The maximum atomic E-state index is 9.06. The van der Waals surface area contributed by atoms with Gasteiger partial charge in [-0.25, -0.2) is 0 Å². The summed E-state index contributed by atoms with van der Waals surface area (Å²) in [6.45, 7) is 4.00. The maximum absolute atomic E-state index is 9.06. The molecule has 0 saturated heterocycles. The van der Waals surface area contributed by atoms with Crippen LogP contribution in [-0.4, -0.2) is 5.11 Å². The number of allylic oxidation sites excluding steroid dienone is 3. The van der Waals surface area contributed by atoms with Crippen molar-refractivity contribution in [1.82, 2.24) is 0 Å². The van der Waals surface area contributed by atoms with Crippen molar-refractivity contribution in [3.8, 4) is 0 Å². The van der Waals surface area contributed by atoms with Crippen LogP contribution in [-0.2, 0) is 0 Å². The number of aliphatic hydroxyl groups is 1. The Hall–Kier alpha value is -0.720. The zero-order valence-corrected chi connectivity index (χ0v) is 5.76. The molecule has 0 bridgehead atoms. The molecule has 1 heteroatoms. The molecule has 0 fully saturated rings. The van der Waals surface area contributed by atoms with Gasteiger partial charge in [0, 0.05) is 0 Å². The summed E-state index contributed by atoms with van der Waals surface area (Å²) < 4.78 is 0. The average Bonchev–Trinajstić information content (AvgIpc) is 1.80. The Morgan fingerprint density at radius 1 is 1.56 bits per heavy atom. The van der Waals surface area contributed by atoms with Crippen molar-refractivity contribution in [2.24, 2.45) is 5.92 Å². The van der Waals surface area contributed by atoms with Gasteiger partial charge in [-0.05, 0) is 30.9 Å². The van der Waals surface area contributed by atoms with Gasteiger partial charge in [0.25, 0.3) is 0 Å². The van der Waals surface area contributed by atoms with E-state index >= 15 is 0 Å². The van der Waals surface area contributed by atoms with Gasteiger partial charge in [0.05, 0.1) is 0 Å². The van der Waals surface area contributed by atoms with E-state index in [4.69, 9.17) is 5.11 Å². The summed E-state index contributed by atoms with van der Waals surface area (Å²) in [5.74, 6) is 0.869. The second-order valence-electron chi connectivity index (χ2n) is 2.45. The first-order chi connectivity index (χ1) is 4.20. The lowest BCUT2D eigenvalue weighted by molar-refractivity contribution is 0.421. The summed E-state index contributed by atoms with van der Waals surface area (Å²) in [5.41, 5.74) is 0.977.